The third-order valence-electron chi connectivity index (χ3n) is 2.57. The van der Waals surface area contributed by atoms with Gasteiger partial charge in [0, 0.05) is 0 Å². The number of hydrogen-bond acceptors (Lipinski definition) is 0. The van der Waals surface area contributed by atoms with Crippen molar-refractivity contribution in [3.05, 3.63) is 0 Å². The Morgan fingerprint density at radius 3 is 1.20 bits per heavy atom. The Hall–Kier alpha value is 0. The van der Waals surface area contributed by atoms with E-state index in [4.69, 9.17) is 0 Å². The van der Waals surface area contributed by atoms with E-state index in [1.807, 2.05) is 13.8 Å². The van der Waals surface area contributed by atoms with Gasteiger partial charge in [0.25, 0.3) is 0 Å². The summed E-state index contributed by atoms with van der Waals surface area (Å²) in [5, 5.41) is 0. The van der Waals surface area contributed by atoms with Crippen LogP contribution < -0.4 is 0 Å². The first-order chi connectivity index (χ1) is 7.02. The summed E-state index contributed by atoms with van der Waals surface area (Å²) in [7, 11) is 0. The summed E-state index contributed by atoms with van der Waals surface area (Å²) < 4.78 is 0. The van der Waals surface area contributed by atoms with E-state index in [9.17, 15) is 0 Å². The number of rotatable bonds is 0. The SMILES string of the molecule is CC.CC1(C)CCC1.CC1CC1.CCC. The molecule has 0 unspecified atom stereocenters. The Morgan fingerprint density at radius 2 is 1.20 bits per heavy atom. The maximum atomic E-state index is 2.33. The van der Waals surface area contributed by atoms with Crippen molar-refractivity contribution in [1.82, 2.24) is 0 Å². The van der Waals surface area contributed by atoms with E-state index in [0.717, 1.165) is 11.3 Å². The first-order valence-corrected chi connectivity index (χ1v) is 7.02. The molecule has 0 heterocycles. The lowest BCUT2D eigenvalue weighted by Crippen LogP contribution is -2.20. The lowest BCUT2D eigenvalue weighted by atomic mass is 9.72. The molecule has 0 aromatic rings. The summed E-state index contributed by atoms with van der Waals surface area (Å²) in [4.78, 5) is 0. The second kappa shape index (κ2) is 10.5. The monoisotopic (exact) mass is 214 g/mol. The van der Waals surface area contributed by atoms with E-state index in [2.05, 4.69) is 34.6 Å². The van der Waals surface area contributed by atoms with Crippen LogP contribution in [-0.2, 0) is 0 Å². The Bertz CT molecular complexity index is 103. The molecule has 0 atom stereocenters. The van der Waals surface area contributed by atoms with Crippen molar-refractivity contribution < 1.29 is 0 Å². The standard InChI is InChI=1S/C6H12.C4H8.C3H8.C2H6/c1-6(2)4-3-5-6;1-4-2-3-4;1-3-2;1-2/h3-5H2,1-2H3;4H,2-3H2,1H3;3H2,1-2H3;1-2H3. The van der Waals surface area contributed by atoms with E-state index in [-0.39, 0.29) is 0 Å². The summed E-state index contributed by atoms with van der Waals surface area (Å²) in [6.45, 7) is 15.2. The van der Waals surface area contributed by atoms with Gasteiger partial charge in [-0.3, -0.25) is 0 Å². The van der Waals surface area contributed by atoms with Crippen molar-refractivity contribution in [3.63, 3.8) is 0 Å². The van der Waals surface area contributed by atoms with Gasteiger partial charge in [0.05, 0.1) is 0 Å². The van der Waals surface area contributed by atoms with E-state index in [0.29, 0.717) is 0 Å². The van der Waals surface area contributed by atoms with Crippen LogP contribution in [0.25, 0.3) is 0 Å². The van der Waals surface area contributed by atoms with Crippen molar-refractivity contribution in [2.45, 2.75) is 87.0 Å². The van der Waals surface area contributed by atoms with Crippen LogP contribution in [0.1, 0.15) is 87.0 Å². The maximum Gasteiger partial charge on any atom is -0.0354 e. The minimum atomic E-state index is 0.722. The van der Waals surface area contributed by atoms with Gasteiger partial charge in [0.15, 0.2) is 0 Å². The Kier molecular flexibility index (Phi) is 12.2. The highest BCUT2D eigenvalue weighted by atomic mass is 14.3. The third-order valence-corrected chi connectivity index (χ3v) is 2.57. The zero-order valence-electron chi connectivity index (χ0n) is 12.3. The molecular weight excluding hydrogens is 180 g/mol. The van der Waals surface area contributed by atoms with E-state index >= 15 is 0 Å². The summed E-state index contributed by atoms with van der Waals surface area (Å²) in [5.74, 6) is 1.08. The first kappa shape index (κ1) is 17.4. The molecule has 2 fully saturated rings. The van der Waals surface area contributed by atoms with Crippen LogP contribution in [0.3, 0.4) is 0 Å². The van der Waals surface area contributed by atoms with Crippen LogP contribution in [0.5, 0.6) is 0 Å². The van der Waals surface area contributed by atoms with E-state index in [1.165, 1.54) is 38.5 Å². The molecule has 0 saturated heterocycles. The average molecular weight is 214 g/mol. The topological polar surface area (TPSA) is 0 Å². The first-order valence-electron chi connectivity index (χ1n) is 7.02. The van der Waals surface area contributed by atoms with Crippen LogP contribution in [-0.4, -0.2) is 0 Å². The predicted octanol–water partition coefficient (Wildman–Crippen LogP) is 6.06. The summed E-state index contributed by atoms with van der Waals surface area (Å²) in [5.41, 5.74) is 0.722. The summed E-state index contributed by atoms with van der Waals surface area (Å²) in [6.07, 6.45) is 8.59. The fraction of sp³-hybridized carbons (Fsp3) is 1.00. The van der Waals surface area contributed by atoms with Crippen LogP contribution in [0.15, 0.2) is 0 Å². The second-order valence-electron chi connectivity index (χ2n) is 5.41. The Labute approximate surface area is 98.9 Å². The van der Waals surface area contributed by atoms with Crippen molar-refractivity contribution >= 4 is 0 Å². The molecule has 0 aromatic carbocycles. The number of hydrogen-bond donors (Lipinski definition) is 0. The van der Waals surface area contributed by atoms with Gasteiger partial charge in [-0.1, -0.05) is 74.1 Å². The summed E-state index contributed by atoms with van der Waals surface area (Å²) in [6, 6.07) is 0. The van der Waals surface area contributed by atoms with Crippen LogP contribution in [0.2, 0.25) is 0 Å². The molecule has 0 amide bonds. The second-order valence-corrected chi connectivity index (χ2v) is 5.41. The van der Waals surface area contributed by atoms with Crippen molar-refractivity contribution in [2.24, 2.45) is 11.3 Å². The molecule has 2 rings (SSSR count). The van der Waals surface area contributed by atoms with Gasteiger partial charge in [-0.15, -0.1) is 0 Å². The van der Waals surface area contributed by atoms with Crippen LogP contribution in [0.4, 0.5) is 0 Å². The molecule has 94 valence electrons. The van der Waals surface area contributed by atoms with Crippen molar-refractivity contribution in [1.29, 1.82) is 0 Å². The maximum absolute atomic E-state index is 2.33. The lowest BCUT2D eigenvalue weighted by Gasteiger charge is -2.33. The predicted molar refractivity (Wildman–Crippen MR) is 73.3 cm³/mol. The largest absolute Gasteiger partial charge is 0.0683 e. The lowest BCUT2D eigenvalue weighted by molar-refractivity contribution is 0.190. The quantitative estimate of drug-likeness (QED) is 0.460. The van der Waals surface area contributed by atoms with Crippen molar-refractivity contribution in [3.8, 4) is 0 Å². The van der Waals surface area contributed by atoms with Crippen LogP contribution in [0, 0.1) is 11.3 Å². The smallest absolute Gasteiger partial charge is 0.0354 e. The van der Waals surface area contributed by atoms with Crippen LogP contribution >= 0.6 is 0 Å². The van der Waals surface area contributed by atoms with E-state index < -0.39 is 0 Å². The summed E-state index contributed by atoms with van der Waals surface area (Å²) >= 11 is 0. The van der Waals surface area contributed by atoms with Gasteiger partial charge in [-0.05, 0) is 24.2 Å². The highest BCUT2D eigenvalue weighted by Gasteiger charge is 2.24. The Balaban J connectivity index is 0. The molecule has 0 radical (unpaired) electrons. The zero-order valence-corrected chi connectivity index (χ0v) is 12.3. The molecule has 0 nitrogen and oxygen atoms in total. The third kappa shape index (κ3) is 16.7. The van der Waals surface area contributed by atoms with Crippen molar-refractivity contribution in [2.75, 3.05) is 0 Å². The minimum absolute atomic E-state index is 0.722. The molecule has 0 aliphatic heterocycles. The minimum Gasteiger partial charge on any atom is -0.0683 e. The van der Waals surface area contributed by atoms with Gasteiger partial charge in [-0.2, -0.15) is 0 Å². The fourth-order valence-electron chi connectivity index (χ4n) is 1.05. The fourth-order valence-corrected chi connectivity index (χ4v) is 1.05. The molecule has 0 bridgehead atoms. The molecule has 15 heavy (non-hydrogen) atoms. The van der Waals surface area contributed by atoms with Gasteiger partial charge in [-0.25, -0.2) is 0 Å². The van der Waals surface area contributed by atoms with Gasteiger partial charge >= 0.3 is 0 Å². The van der Waals surface area contributed by atoms with Gasteiger partial charge in [0.1, 0.15) is 0 Å². The molecule has 2 aliphatic carbocycles. The Morgan fingerprint density at radius 1 is 1.00 bits per heavy atom. The zero-order chi connectivity index (χ0) is 12.3. The normalized spacial score (nSPS) is 20.2. The molecule has 2 aliphatic rings. The van der Waals surface area contributed by atoms with Gasteiger partial charge in [0.2, 0.25) is 0 Å². The van der Waals surface area contributed by atoms with Gasteiger partial charge < -0.3 is 0 Å². The van der Waals surface area contributed by atoms with E-state index in [1.54, 1.807) is 0 Å². The average Bonchev–Trinajstić information content (AvgIpc) is 2.91. The molecule has 2 saturated carbocycles. The molecule has 0 spiro atoms. The molecule has 0 heteroatoms. The molecule has 0 N–H and O–H groups in total. The molecule has 0 aromatic heterocycles. The highest BCUT2D eigenvalue weighted by molar-refractivity contribution is 4.77. The highest BCUT2D eigenvalue weighted by Crippen LogP contribution is 2.38. The molecular formula is C15H34.